The van der Waals surface area contributed by atoms with Crippen LogP contribution in [0.5, 0.6) is 0 Å². The molecule has 1 amide bonds. The van der Waals surface area contributed by atoms with Crippen LogP contribution in [0.4, 0.5) is 11.8 Å². The van der Waals surface area contributed by atoms with E-state index >= 15 is 0 Å². The number of amides is 1. The van der Waals surface area contributed by atoms with Crippen LogP contribution in [-0.4, -0.2) is 53.4 Å². The van der Waals surface area contributed by atoms with Crippen LogP contribution in [-0.2, 0) is 6.42 Å². The smallest absolute Gasteiger partial charge is 0.256 e. The number of hydrogen-bond acceptors (Lipinski definition) is 8. The molecule has 0 aromatic carbocycles. The number of carbonyl (C=O) groups excluding carboxylic acids is 1. The van der Waals surface area contributed by atoms with Crippen molar-refractivity contribution < 1.29 is 9.32 Å². The SMILES string of the molecule is CCCCNc1ncc(C(=O)NC/C(C=NC)=C/CCc2c(C)noc2C)c(NC2CCCCC2)n1. The van der Waals surface area contributed by atoms with E-state index in [1.54, 1.807) is 19.5 Å². The minimum Gasteiger partial charge on any atom is -0.367 e. The van der Waals surface area contributed by atoms with Gasteiger partial charge < -0.3 is 20.5 Å². The second-order valence-corrected chi connectivity index (χ2v) is 9.41. The van der Waals surface area contributed by atoms with Crippen LogP contribution in [0.3, 0.4) is 0 Å². The number of carbonyl (C=O) groups is 1. The van der Waals surface area contributed by atoms with E-state index < -0.39 is 0 Å². The quantitative estimate of drug-likeness (QED) is 0.264. The molecule has 0 atom stereocenters. The molecule has 9 heteroatoms. The van der Waals surface area contributed by atoms with E-state index in [1.165, 1.54) is 19.3 Å². The summed E-state index contributed by atoms with van der Waals surface area (Å²) in [7, 11) is 1.73. The van der Waals surface area contributed by atoms with Crippen molar-refractivity contribution in [3.63, 3.8) is 0 Å². The Morgan fingerprint density at radius 2 is 2.06 bits per heavy atom. The number of allylic oxidation sites excluding steroid dienone is 1. The Balaban J connectivity index is 1.67. The summed E-state index contributed by atoms with van der Waals surface area (Å²) in [4.78, 5) is 26.4. The van der Waals surface area contributed by atoms with E-state index in [-0.39, 0.29) is 5.91 Å². The van der Waals surface area contributed by atoms with Gasteiger partial charge >= 0.3 is 0 Å². The molecular formula is C27H41N7O2. The molecule has 196 valence electrons. The highest BCUT2D eigenvalue weighted by atomic mass is 16.5. The van der Waals surface area contributed by atoms with E-state index in [1.807, 2.05) is 13.8 Å². The highest BCUT2D eigenvalue weighted by Gasteiger charge is 2.20. The standard InChI is InChI=1S/C27H41N7O2/c1-5-6-15-29-27-31-18-24(25(33-27)32-22-12-8-7-9-13-22)26(35)30-17-21(16-28-4)11-10-14-23-19(2)34-36-20(23)3/h11,16,18,22H,5-10,12-15,17H2,1-4H3,(H,30,35)(H2,29,31,32,33)/b21-11+,28-16?. The summed E-state index contributed by atoms with van der Waals surface area (Å²) in [6.45, 7) is 7.21. The predicted octanol–water partition coefficient (Wildman–Crippen LogP) is 5.03. The minimum atomic E-state index is -0.199. The minimum absolute atomic E-state index is 0.199. The van der Waals surface area contributed by atoms with Crippen LogP contribution >= 0.6 is 0 Å². The lowest BCUT2D eigenvalue weighted by atomic mass is 9.95. The first-order valence-electron chi connectivity index (χ1n) is 13.2. The highest BCUT2D eigenvalue weighted by Crippen LogP contribution is 2.23. The molecule has 0 spiro atoms. The number of unbranched alkanes of at least 4 members (excludes halogenated alkanes) is 1. The van der Waals surface area contributed by atoms with Gasteiger partial charge in [-0.15, -0.1) is 0 Å². The van der Waals surface area contributed by atoms with Gasteiger partial charge in [0.05, 0.1) is 5.69 Å². The fourth-order valence-corrected chi connectivity index (χ4v) is 4.44. The number of aliphatic imine (C=N–C) groups is 1. The first-order chi connectivity index (χ1) is 17.5. The lowest BCUT2D eigenvalue weighted by molar-refractivity contribution is 0.0957. The van der Waals surface area contributed by atoms with Crippen molar-refractivity contribution in [1.29, 1.82) is 0 Å². The Hall–Kier alpha value is -3.23. The maximum Gasteiger partial charge on any atom is 0.256 e. The number of hydrogen-bond donors (Lipinski definition) is 3. The Labute approximate surface area is 214 Å². The van der Waals surface area contributed by atoms with E-state index in [4.69, 9.17) is 4.52 Å². The van der Waals surface area contributed by atoms with Crippen LogP contribution in [0.15, 0.2) is 27.4 Å². The number of anilines is 2. The van der Waals surface area contributed by atoms with E-state index in [2.05, 4.69) is 49.1 Å². The van der Waals surface area contributed by atoms with Crippen LogP contribution in [0.1, 0.15) is 85.7 Å². The van der Waals surface area contributed by atoms with Gasteiger partial charge in [-0.1, -0.05) is 43.8 Å². The molecule has 2 aromatic rings. The van der Waals surface area contributed by atoms with Crippen molar-refractivity contribution in [2.75, 3.05) is 30.8 Å². The number of aromatic nitrogens is 3. The normalized spacial score (nSPS) is 14.8. The Morgan fingerprint density at radius 1 is 1.25 bits per heavy atom. The summed E-state index contributed by atoms with van der Waals surface area (Å²) < 4.78 is 5.25. The van der Waals surface area contributed by atoms with Crippen LogP contribution in [0, 0.1) is 13.8 Å². The Kier molecular flexibility index (Phi) is 10.9. The van der Waals surface area contributed by atoms with Gasteiger partial charge in [0.25, 0.3) is 5.91 Å². The summed E-state index contributed by atoms with van der Waals surface area (Å²) in [5.74, 6) is 1.80. The molecule has 1 aliphatic carbocycles. The third-order valence-corrected chi connectivity index (χ3v) is 6.52. The van der Waals surface area contributed by atoms with Crippen molar-refractivity contribution in [3.8, 4) is 0 Å². The van der Waals surface area contributed by atoms with Gasteiger partial charge in [-0.25, -0.2) is 4.98 Å². The molecule has 1 fully saturated rings. The molecule has 2 heterocycles. The Bertz CT molecular complexity index is 1020. The first kappa shape index (κ1) is 27.4. The van der Waals surface area contributed by atoms with Gasteiger partial charge in [0.1, 0.15) is 17.1 Å². The molecular weight excluding hydrogens is 454 g/mol. The van der Waals surface area contributed by atoms with Gasteiger partial charge in [0.2, 0.25) is 5.95 Å². The zero-order chi connectivity index (χ0) is 25.8. The average Bonchev–Trinajstić information content (AvgIpc) is 3.20. The zero-order valence-corrected chi connectivity index (χ0v) is 22.2. The van der Waals surface area contributed by atoms with Crippen LogP contribution in [0.2, 0.25) is 0 Å². The molecule has 2 aromatic heterocycles. The topological polar surface area (TPSA) is 117 Å². The molecule has 0 saturated heterocycles. The summed E-state index contributed by atoms with van der Waals surface area (Å²) in [5.41, 5.74) is 3.46. The predicted molar refractivity (Wildman–Crippen MR) is 145 cm³/mol. The van der Waals surface area contributed by atoms with Crippen molar-refractivity contribution in [2.24, 2.45) is 4.99 Å². The van der Waals surface area contributed by atoms with Gasteiger partial charge in [-0.2, -0.15) is 4.98 Å². The summed E-state index contributed by atoms with van der Waals surface area (Å²) >= 11 is 0. The van der Waals surface area contributed by atoms with E-state index in [0.29, 0.717) is 29.9 Å². The fourth-order valence-electron chi connectivity index (χ4n) is 4.44. The van der Waals surface area contributed by atoms with Crippen molar-refractivity contribution in [1.82, 2.24) is 20.4 Å². The summed E-state index contributed by atoms with van der Waals surface area (Å²) in [5, 5.41) is 13.8. The van der Waals surface area contributed by atoms with Gasteiger partial charge in [-0.05, 0) is 51.5 Å². The van der Waals surface area contributed by atoms with E-state index in [9.17, 15) is 4.79 Å². The molecule has 0 aliphatic heterocycles. The molecule has 3 N–H and O–H groups in total. The maximum absolute atomic E-state index is 13.2. The van der Waals surface area contributed by atoms with Crippen molar-refractivity contribution in [3.05, 3.63) is 40.4 Å². The molecule has 9 nitrogen and oxygen atoms in total. The van der Waals surface area contributed by atoms with Gasteiger partial charge in [-0.3, -0.25) is 9.79 Å². The number of aryl methyl sites for hydroxylation is 2. The average molecular weight is 496 g/mol. The molecule has 36 heavy (non-hydrogen) atoms. The third kappa shape index (κ3) is 8.17. The monoisotopic (exact) mass is 495 g/mol. The largest absolute Gasteiger partial charge is 0.367 e. The molecule has 1 saturated carbocycles. The Morgan fingerprint density at radius 3 is 2.75 bits per heavy atom. The molecule has 1 aliphatic rings. The second-order valence-electron chi connectivity index (χ2n) is 9.41. The molecule has 0 unspecified atom stereocenters. The lowest BCUT2D eigenvalue weighted by Crippen LogP contribution is -2.30. The number of rotatable bonds is 13. The molecule has 3 rings (SSSR count). The second kappa shape index (κ2) is 14.4. The maximum atomic E-state index is 13.2. The third-order valence-electron chi connectivity index (χ3n) is 6.52. The number of nitrogens with one attached hydrogen (secondary N) is 3. The molecule has 0 radical (unpaired) electrons. The van der Waals surface area contributed by atoms with E-state index in [0.717, 1.165) is 67.7 Å². The zero-order valence-electron chi connectivity index (χ0n) is 22.2. The van der Waals surface area contributed by atoms with Crippen molar-refractivity contribution >= 4 is 23.9 Å². The van der Waals surface area contributed by atoms with Crippen LogP contribution in [0.25, 0.3) is 0 Å². The lowest BCUT2D eigenvalue weighted by Gasteiger charge is -2.24. The fraction of sp³-hybridized carbons (Fsp3) is 0.593. The first-order valence-corrected chi connectivity index (χ1v) is 13.2. The van der Waals surface area contributed by atoms with Crippen molar-refractivity contribution in [2.45, 2.75) is 84.6 Å². The van der Waals surface area contributed by atoms with Gasteiger partial charge in [0.15, 0.2) is 0 Å². The summed E-state index contributed by atoms with van der Waals surface area (Å²) in [6, 6.07) is 0.329. The molecule has 0 bridgehead atoms. The highest BCUT2D eigenvalue weighted by molar-refractivity contribution is 5.99. The number of nitrogens with zero attached hydrogens (tertiary/aromatic N) is 4. The van der Waals surface area contributed by atoms with Crippen LogP contribution < -0.4 is 16.0 Å². The van der Waals surface area contributed by atoms with Gasteiger partial charge in [0, 0.05) is 44.2 Å². The summed E-state index contributed by atoms with van der Waals surface area (Å²) in [6.07, 6.45) is 15.1.